The summed E-state index contributed by atoms with van der Waals surface area (Å²) in [6.45, 7) is 2.20. The van der Waals surface area contributed by atoms with Crippen LogP contribution in [0.5, 0.6) is 0 Å². The number of benzene rings is 1. The first kappa shape index (κ1) is 19.2. The minimum atomic E-state index is -3.54. The maximum Gasteiger partial charge on any atom is 0.243 e. The second-order valence-corrected chi connectivity index (χ2v) is 11.5. The molecule has 3 rings (SSSR count). The summed E-state index contributed by atoms with van der Waals surface area (Å²) in [5, 5.41) is 0. The molecule has 1 aromatic rings. The molecule has 0 saturated carbocycles. The van der Waals surface area contributed by atoms with Crippen molar-refractivity contribution in [2.45, 2.75) is 22.6 Å². The van der Waals surface area contributed by atoms with Crippen molar-refractivity contribution in [3.05, 3.63) is 24.3 Å². The van der Waals surface area contributed by atoms with Crippen LogP contribution < -0.4 is 0 Å². The second-order valence-electron chi connectivity index (χ2n) is 6.33. The average molecular weight is 406 g/mol. The van der Waals surface area contributed by atoms with Crippen molar-refractivity contribution >= 4 is 31.6 Å². The molecule has 25 heavy (non-hydrogen) atoms. The van der Waals surface area contributed by atoms with Gasteiger partial charge in [-0.1, -0.05) is 0 Å². The van der Waals surface area contributed by atoms with Gasteiger partial charge in [-0.25, -0.2) is 16.8 Å². The Morgan fingerprint density at radius 1 is 0.960 bits per heavy atom. The van der Waals surface area contributed by atoms with Crippen molar-refractivity contribution in [3.8, 4) is 0 Å². The Labute approximate surface area is 153 Å². The first-order valence-electron chi connectivity index (χ1n) is 8.38. The summed E-state index contributed by atoms with van der Waals surface area (Å²) in [5.74, 6) is 1.77. The average Bonchev–Trinajstić information content (AvgIpc) is 2.63. The van der Waals surface area contributed by atoms with Crippen molar-refractivity contribution in [3.63, 3.8) is 0 Å². The second kappa shape index (κ2) is 7.96. The largest absolute Gasteiger partial charge is 0.381 e. The molecule has 2 aliphatic rings. The van der Waals surface area contributed by atoms with Gasteiger partial charge in [-0.05, 0) is 43.0 Å². The molecule has 0 N–H and O–H groups in total. The topological polar surface area (TPSA) is 80.8 Å². The van der Waals surface area contributed by atoms with Gasteiger partial charge in [0.2, 0.25) is 10.0 Å². The lowest BCUT2D eigenvalue weighted by Crippen LogP contribution is -2.37. The summed E-state index contributed by atoms with van der Waals surface area (Å²) in [5.41, 5.74) is 0. The lowest BCUT2D eigenvalue weighted by Gasteiger charge is -2.25. The van der Waals surface area contributed by atoms with Crippen LogP contribution in [0.15, 0.2) is 34.1 Å². The van der Waals surface area contributed by atoms with Crippen molar-refractivity contribution in [1.29, 1.82) is 0 Å². The van der Waals surface area contributed by atoms with Gasteiger partial charge >= 0.3 is 0 Å². The summed E-state index contributed by atoms with van der Waals surface area (Å²) < 4.78 is 57.1. The molecular weight excluding hydrogens is 382 g/mol. The highest BCUT2D eigenvalue weighted by atomic mass is 32.2. The molecule has 0 aliphatic carbocycles. The summed E-state index contributed by atoms with van der Waals surface area (Å²) >= 11 is 1.74. The highest BCUT2D eigenvalue weighted by Gasteiger charge is 2.27. The Hall–Kier alpha value is -0.610. The summed E-state index contributed by atoms with van der Waals surface area (Å²) in [4.78, 5) is 0.344. The summed E-state index contributed by atoms with van der Waals surface area (Å²) in [6, 6.07) is 5.66. The van der Waals surface area contributed by atoms with E-state index in [4.69, 9.17) is 4.74 Å². The van der Waals surface area contributed by atoms with E-state index in [-0.39, 0.29) is 21.5 Å². The number of sulfonamides is 1. The van der Waals surface area contributed by atoms with Crippen LogP contribution in [0.3, 0.4) is 0 Å². The zero-order valence-electron chi connectivity index (χ0n) is 14.0. The van der Waals surface area contributed by atoms with Gasteiger partial charge < -0.3 is 4.74 Å². The van der Waals surface area contributed by atoms with Crippen molar-refractivity contribution in [2.75, 3.05) is 43.6 Å². The minimum Gasteiger partial charge on any atom is -0.381 e. The quantitative estimate of drug-likeness (QED) is 0.741. The number of nitrogens with zero attached hydrogens (tertiary/aromatic N) is 1. The van der Waals surface area contributed by atoms with Crippen molar-refractivity contribution in [2.24, 2.45) is 5.92 Å². The fraction of sp³-hybridized carbons (Fsp3) is 0.625. The molecule has 9 heteroatoms. The number of hydrogen-bond donors (Lipinski definition) is 0. The van der Waals surface area contributed by atoms with Crippen LogP contribution in [-0.2, 0) is 24.6 Å². The molecule has 0 radical (unpaired) electrons. The predicted molar refractivity (Wildman–Crippen MR) is 98.1 cm³/mol. The summed E-state index contributed by atoms with van der Waals surface area (Å²) in [6.07, 6.45) is 1.50. The fourth-order valence-corrected chi connectivity index (χ4v) is 7.35. The molecule has 2 heterocycles. The Balaban J connectivity index is 1.74. The number of sulfone groups is 1. The van der Waals surface area contributed by atoms with Gasteiger partial charge in [-0.2, -0.15) is 16.1 Å². The molecule has 0 atom stereocenters. The number of hydrogen-bond acceptors (Lipinski definition) is 6. The van der Waals surface area contributed by atoms with Crippen molar-refractivity contribution < 1.29 is 21.6 Å². The lowest BCUT2D eigenvalue weighted by atomic mass is 10.0. The van der Waals surface area contributed by atoms with Gasteiger partial charge in [-0.3, -0.25) is 0 Å². The molecule has 6 nitrogen and oxygen atoms in total. The normalized spacial score (nSPS) is 21.3. The molecule has 140 valence electrons. The highest BCUT2D eigenvalue weighted by Crippen LogP contribution is 2.24. The molecule has 1 aromatic carbocycles. The Bertz CT molecular complexity index is 778. The molecule has 2 aliphatic heterocycles. The SMILES string of the molecule is O=S(=O)(CC1CCOCC1)c1ccc(S(=O)(=O)N2CCSCC2)cc1. The third-order valence-corrected chi connectivity index (χ3v) is 9.34. The molecule has 2 saturated heterocycles. The van der Waals surface area contributed by atoms with Crippen molar-refractivity contribution in [1.82, 2.24) is 4.31 Å². The van der Waals surface area contributed by atoms with Crippen LogP contribution in [0, 0.1) is 5.92 Å². The van der Waals surface area contributed by atoms with Gasteiger partial charge in [0.25, 0.3) is 0 Å². The number of ether oxygens (including phenoxy) is 1. The lowest BCUT2D eigenvalue weighted by molar-refractivity contribution is 0.0723. The van der Waals surface area contributed by atoms with E-state index in [0.717, 1.165) is 24.3 Å². The first-order chi connectivity index (χ1) is 11.9. The fourth-order valence-electron chi connectivity index (χ4n) is 3.07. The van der Waals surface area contributed by atoms with Crippen LogP contribution in [-0.4, -0.2) is 64.7 Å². The van der Waals surface area contributed by atoms with E-state index < -0.39 is 19.9 Å². The molecular formula is C16H23NO5S3. The molecule has 0 unspecified atom stereocenters. The van der Waals surface area contributed by atoms with Crippen LogP contribution in [0.25, 0.3) is 0 Å². The van der Waals surface area contributed by atoms with Gasteiger partial charge in [0.05, 0.1) is 15.5 Å². The van der Waals surface area contributed by atoms with E-state index in [0.29, 0.717) is 26.3 Å². The van der Waals surface area contributed by atoms with E-state index >= 15 is 0 Å². The molecule has 0 bridgehead atoms. The van der Waals surface area contributed by atoms with Gasteiger partial charge in [0.15, 0.2) is 9.84 Å². The predicted octanol–water partition coefficient (Wildman–Crippen LogP) is 1.62. The van der Waals surface area contributed by atoms with Crippen LogP contribution in [0.2, 0.25) is 0 Å². The summed E-state index contributed by atoms with van der Waals surface area (Å²) in [7, 11) is -6.96. The molecule has 2 fully saturated rings. The smallest absolute Gasteiger partial charge is 0.243 e. The number of thioether (sulfide) groups is 1. The van der Waals surface area contributed by atoms with E-state index in [1.165, 1.54) is 28.6 Å². The number of rotatable bonds is 5. The zero-order chi connectivity index (χ0) is 17.9. The Morgan fingerprint density at radius 3 is 2.12 bits per heavy atom. The van der Waals surface area contributed by atoms with Crippen LogP contribution in [0.4, 0.5) is 0 Å². The third kappa shape index (κ3) is 4.57. The zero-order valence-corrected chi connectivity index (χ0v) is 16.4. The van der Waals surface area contributed by atoms with Gasteiger partial charge in [-0.15, -0.1) is 0 Å². The van der Waals surface area contributed by atoms with E-state index in [2.05, 4.69) is 0 Å². The highest BCUT2D eigenvalue weighted by molar-refractivity contribution is 7.99. The monoisotopic (exact) mass is 405 g/mol. The minimum absolute atomic E-state index is 0.0891. The molecule has 0 spiro atoms. The Morgan fingerprint density at radius 2 is 1.52 bits per heavy atom. The third-order valence-electron chi connectivity index (χ3n) is 4.59. The van der Waals surface area contributed by atoms with E-state index in [1.54, 1.807) is 11.8 Å². The van der Waals surface area contributed by atoms with E-state index in [1.807, 2.05) is 0 Å². The van der Waals surface area contributed by atoms with Crippen LogP contribution in [0.1, 0.15) is 12.8 Å². The molecule has 0 aromatic heterocycles. The maximum atomic E-state index is 12.6. The standard InChI is InChI=1S/C16H23NO5S3/c18-24(19,13-14-5-9-22-10-6-14)15-1-3-16(4-2-15)25(20,21)17-7-11-23-12-8-17/h1-4,14H,5-13H2. The van der Waals surface area contributed by atoms with Gasteiger partial charge in [0.1, 0.15) is 0 Å². The Kier molecular flexibility index (Phi) is 6.10. The van der Waals surface area contributed by atoms with E-state index in [9.17, 15) is 16.8 Å². The first-order valence-corrected chi connectivity index (χ1v) is 12.6. The van der Waals surface area contributed by atoms with Gasteiger partial charge in [0, 0.05) is 37.8 Å². The molecule has 0 amide bonds. The van der Waals surface area contributed by atoms with Crippen LogP contribution >= 0.6 is 11.8 Å². The maximum absolute atomic E-state index is 12.6.